The van der Waals surface area contributed by atoms with E-state index in [1.165, 1.54) is 0 Å². The van der Waals surface area contributed by atoms with Crippen molar-refractivity contribution in [2.45, 2.75) is 6.54 Å². The summed E-state index contributed by atoms with van der Waals surface area (Å²) in [6, 6.07) is 16.3. The SMILES string of the molecule is N#CNC(=NCc1ccccc1)Nc1cccc(C(=O)NCC=O)c1. The van der Waals surface area contributed by atoms with E-state index in [2.05, 4.69) is 20.9 Å². The van der Waals surface area contributed by atoms with Gasteiger partial charge >= 0.3 is 0 Å². The second-order valence-corrected chi connectivity index (χ2v) is 4.97. The van der Waals surface area contributed by atoms with Crippen LogP contribution in [0.3, 0.4) is 0 Å². The van der Waals surface area contributed by atoms with Crippen molar-refractivity contribution in [3.05, 3.63) is 65.7 Å². The molecular weight excluding hydrogens is 318 g/mol. The molecule has 0 saturated heterocycles. The molecule has 0 fully saturated rings. The van der Waals surface area contributed by atoms with Crippen LogP contribution >= 0.6 is 0 Å². The average molecular weight is 335 g/mol. The Labute approximate surface area is 145 Å². The van der Waals surface area contributed by atoms with Gasteiger partial charge in [-0.05, 0) is 23.8 Å². The Bertz CT molecular complexity index is 797. The first kappa shape index (κ1) is 17.7. The van der Waals surface area contributed by atoms with Gasteiger partial charge in [-0.3, -0.25) is 10.1 Å². The van der Waals surface area contributed by atoms with Crippen LogP contribution in [0.15, 0.2) is 59.6 Å². The molecule has 0 unspecified atom stereocenters. The second-order valence-electron chi connectivity index (χ2n) is 4.97. The highest BCUT2D eigenvalue weighted by molar-refractivity contribution is 5.98. The minimum Gasteiger partial charge on any atom is -0.345 e. The standard InChI is InChI=1S/C18H17N5O2/c19-13-22-18(21-12-14-5-2-1-3-6-14)23-16-8-4-7-15(11-16)17(25)20-9-10-24/h1-8,10-11H,9,12H2,(H,20,25)(H2,21,22,23). The number of anilines is 1. The van der Waals surface area contributed by atoms with Crippen LogP contribution in [0.1, 0.15) is 15.9 Å². The van der Waals surface area contributed by atoms with Gasteiger partial charge in [0.05, 0.1) is 13.1 Å². The van der Waals surface area contributed by atoms with Crippen LogP contribution in [-0.2, 0) is 11.3 Å². The van der Waals surface area contributed by atoms with Crippen molar-refractivity contribution in [2.75, 3.05) is 11.9 Å². The maximum Gasteiger partial charge on any atom is 0.251 e. The van der Waals surface area contributed by atoms with Crippen LogP contribution in [0.2, 0.25) is 0 Å². The highest BCUT2D eigenvalue weighted by Gasteiger charge is 2.06. The van der Waals surface area contributed by atoms with Crippen LogP contribution < -0.4 is 16.0 Å². The third-order valence-corrected chi connectivity index (χ3v) is 3.17. The number of hydrogen-bond acceptors (Lipinski definition) is 4. The zero-order chi connectivity index (χ0) is 17.9. The van der Waals surface area contributed by atoms with Gasteiger partial charge in [0.2, 0.25) is 5.96 Å². The molecular formula is C18H17N5O2. The zero-order valence-electron chi connectivity index (χ0n) is 13.4. The summed E-state index contributed by atoms with van der Waals surface area (Å²) in [5.74, 6) is -0.0800. The molecule has 0 atom stereocenters. The van der Waals surface area contributed by atoms with Gasteiger partial charge in [0.1, 0.15) is 6.29 Å². The van der Waals surface area contributed by atoms with Crippen molar-refractivity contribution < 1.29 is 9.59 Å². The molecule has 0 aliphatic carbocycles. The Morgan fingerprint density at radius 3 is 2.68 bits per heavy atom. The molecule has 0 radical (unpaired) electrons. The second kappa shape index (κ2) is 9.47. The van der Waals surface area contributed by atoms with Crippen LogP contribution in [0.4, 0.5) is 5.69 Å². The van der Waals surface area contributed by atoms with E-state index in [0.717, 1.165) is 5.56 Å². The minimum atomic E-state index is -0.355. The monoisotopic (exact) mass is 335 g/mol. The van der Waals surface area contributed by atoms with Gasteiger partial charge in [-0.25, -0.2) is 4.99 Å². The van der Waals surface area contributed by atoms with Gasteiger partial charge in [-0.15, -0.1) is 0 Å². The highest BCUT2D eigenvalue weighted by Crippen LogP contribution is 2.11. The largest absolute Gasteiger partial charge is 0.345 e. The van der Waals surface area contributed by atoms with E-state index in [4.69, 9.17) is 5.26 Å². The number of aldehydes is 1. The van der Waals surface area contributed by atoms with Gasteiger partial charge in [-0.2, -0.15) is 5.26 Å². The molecule has 2 aromatic carbocycles. The smallest absolute Gasteiger partial charge is 0.251 e. The number of guanidine groups is 1. The van der Waals surface area contributed by atoms with Crippen molar-refractivity contribution in [1.29, 1.82) is 5.26 Å². The first-order valence-corrected chi connectivity index (χ1v) is 7.55. The minimum absolute atomic E-state index is 0.0454. The normalized spacial score (nSPS) is 10.4. The summed E-state index contributed by atoms with van der Waals surface area (Å²) in [6.07, 6.45) is 2.44. The summed E-state index contributed by atoms with van der Waals surface area (Å²) in [5.41, 5.74) is 1.99. The Balaban J connectivity index is 2.10. The summed E-state index contributed by atoms with van der Waals surface area (Å²) < 4.78 is 0. The zero-order valence-corrected chi connectivity index (χ0v) is 13.4. The van der Waals surface area contributed by atoms with Crippen molar-refractivity contribution in [1.82, 2.24) is 10.6 Å². The number of nitriles is 1. The molecule has 0 aliphatic rings. The summed E-state index contributed by atoms with van der Waals surface area (Å²) >= 11 is 0. The fraction of sp³-hybridized carbons (Fsp3) is 0.111. The van der Waals surface area contributed by atoms with Crippen molar-refractivity contribution in [2.24, 2.45) is 4.99 Å². The first-order valence-electron chi connectivity index (χ1n) is 7.55. The van der Waals surface area contributed by atoms with Crippen molar-refractivity contribution in [3.63, 3.8) is 0 Å². The highest BCUT2D eigenvalue weighted by atomic mass is 16.2. The molecule has 7 heteroatoms. The molecule has 0 bridgehead atoms. The maximum atomic E-state index is 11.9. The average Bonchev–Trinajstić information content (AvgIpc) is 2.65. The number of amides is 1. The number of carbonyl (C=O) groups excluding carboxylic acids is 2. The molecule has 1 amide bonds. The third kappa shape index (κ3) is 5.80. The van der Waals surface area contributed by atoms with Gasteiger partial charge in [0, 0.05) is 11.3 Å². The van der Waals surface area contributed by atoms with E-state index in [1.807, 2.05) is 36.5 Å². The molecule has 0 aliphatic heterocycles. The number of nitrogens with zero attached hydrogens (tertiary/aromatic N) is 2. The summed E-state index contributed by atoms with van der Waals surface area (Å²) in [6.45, 7) is 0.355. The van der Waals surface area contributed by atoms with Crippen LogP contribution in [0, 0.1) is 11.5 Å². The van der Waals surface area contributed by atoms with Gasteiger partial charge in [-0.1, -0.05) is 36.4 Å². The van der Waals surface area contributed by atoms with E-state index >= 15 is 0 Å². The molecule has 0 heterocycles. The fourth-order valence-corrected chi connectivity index (χ4v) is 2.03. The van der Waals surface area contributed by atoms with Crippen LogP contribution in [-0.4, -0.2) is 24.7 Å². The van der Waals surface area contributed by atoms with E-state index in [9.17, 15) is 9.59 Å². The van der Waals surface area contributed by atoms with Crippen LogP contribution in [0.5, 0.6) is 0 Å². The van der Waals surface area contributed by atoms with E-state index in [0.29, 0.717) is 24.1 Å². The lowest BCUT2D eigenvalue weighted by Crippen LogP contribution is -2.28. The predicted molar refractivity (Wildman–Crippen MR) is 94.8 cm³/mol. The lowest BCUT2D eigenvalue weighted by molar-refractivity contribution is -0.107. The first-order chi connectivity index (χ1) is 12.2. The lowest BCUT2D eigenvalue weighted by atomic mass is 10.2. The number of hydrogen-bond donors (Lipinski definition) is 3. The van der Waals surface area contributed by atoms with Gasteiger partial charge in [0.25, 0.3) is 5.91 Å². The molecule has 0 saturated carbocycles. The van der Waals surface area contributed by atoms with Crippen molar-refractivity contribution in [3.8, 4) is 6.19 Å². The summed E-state index contributed by atoms with van der Waals surface area (Å²) in [4.78, 5) is 26.5. The predicted octanol–water partition coefficient (Wildman–Crippen LogP) is 1.65. The summed E-state index contributed by atoms with van der Waals surface area (Å²) in [7, 11) is 0. The van der Waals surface area contributed by atoms with Gasteiger partial charge < -0.3 is 15.4 Å². The molecule has 3 N–H and O–H groups in total. The van der Waals surface area contributed by atoms with E-state index in [1.54, 1.807) is 24.3 Å². The molecule has 126 valence electrons. The topological polar surface area (TPSA) is 106 Å². The number of rotatable bonds is 6. The Hall–Kier alpha value is -3.66. The van der Waals surface area contributed by atoms with E-state index < -0.39 is 0 Å². The lowest BCUT2D eigenvalue weighted by Gasteiger charge is -2.09. The number of aliphatic imine (C=N–C) groups is 1. The quantitative estimate of drug-likeness (QED) is 0.245. The van der Waals surface area contributed by atoms with Crippen molar-refractivity contribution >= 4 is 23.8 Å². The fourth-order valence-electron chi connectivity index (χ4n) is 2.03. The molecule has 25 heavy (non-hydrogen) atoms. The molecule has 7 nitrogen and oxygen atoms in total. The molecule has 0 spiro atoms. The van der Waals surface area contributed by atoms with E-state index in [-0.39, 0.29) is 18.4 Å². The maximum absolute atomic E-state index is 11.9. The molecule has 2 aromatic rings. The molecule has 0 aromatic heterocycles. The summed E-state index contributed by atoms with van der Waals surface area (Å²) in [5, 5.41) is 16.8. The third-order valence-electron chi connectivity index (χ3n) is 3.17. The van der Waals surface area contributed by atoms with Crippen LogP contribution in [0.25, 0.3) is 0 Å². The Morgan fingerprint density at radius 2 is 1.96 bits per heavy atom. The molecule has 2 rings (SSSR count). The number of carbonyl (C=O) groups is 2. The van der Waals surface area contributed by atoms with Gasteiger partial charge in [0.15, 0.2) is 6.19 Å². The Kier molecular flexibility index (Phi) is 6.70. The number of nitrogens with one attached hydrogen (secondary N) is 3. The Morgan fingerprint density at radius 1 is 1.16 bits per heavy atom. The number of benzene rings is 2.